The van der Waals surface area contributed by atoms with Gasteiger partial charge in [-0.15, -0.1) is 0 Å². The minimum Gasteiger partial charge on any atom is -0.396 e. The van der Waals surface area contributed by atoms with Gasteiger partial charge in [0.2, 0.25) is 0 Å². The molecule has 0 aliphatic carbocycles. The summed E-state index contributed by atoms with van der Waals surface area (Å²) in [6.07, 6.45) is 0.203. The van der Waals surface area contributed by atoms with Gasteiger partial charge in [-0.05, 0) is 0 Å². The van der Waals surface area contributed by atoms with Crippen LogP contribution in [-0.4, -0.2) is 39.5 Å². The van der Waals surface area contributed by atoms with Crippen LogP contribution < -0.4 is 0 Å². The van der Waals surface area contributed by atoms with Gasteiger partial charge >= 0.3 is 0 Å². The van der Waals surface area contributed by atoms with Crippen molar-refractivity contribution in [2.75, 3.05) is 18.5 Å². The summed E-state index contributed by atoms with van der Waals surface area (Å²) in [5, 5.41) is 26.4. The molecule has 0 heterocycles. The molecule has 0 aliphatic heterocycles. The van der Waals surface area contributed by atoms with Gasteiger partial charge in [0.15, 0.2) is 0 Å². The average Bonchev–Trinajstić information content (AvgIpc) is 1.89. The Morgan fingerprint density at radius 2 is 1.89 bits per heavy atom. The van der Waals surface area contributed by atoms with Gasteiger partial charge in [-0.1, -0.05) is 15.9 Å². The second kappa shape index (κ2) is 4.22. The number of rotatable bonds is 4. The molecule has 3 N–H and O–H groups in total. The Labute approximate surface area is 62.4 Å². The normalized spacial score (nSPS) is 17.3. The summed E-state index contributed by atoms with van der Waals surface area (Å²) in [7, 11) is 0. The fourth-order valence-electron chi connectivity index (χ4n) is 0.396. The summed E-state index contributed by atoms with van der Waals surface area (Å²) >= 11 is 3.01. The van der Waals surface area contributed by atoms with Crippen molar-refractivity contribution in [3.63, 3.8) is 0 Å². The smallest absolute Gasteiger partial charge is 0.0995 e. The van der Waals surface area contributed by atoms with Crippen molar-refractivity contribution in [3.8, 4) is 0 Å². The van der Waals surface area contributed by atoms with Crippen LogP contribution in [0.3, 0.4) is 0 Å². The van der Waals surface area contributed by atoms with Gasteiger partial charge in [0.25, 0.3) is 0 Å². The second-order valence-electron chi connectivity index (χ2n) is 1.99. The maximum Gasteiger partial charge on any atom is 0.0995 e. The number of alkyl halides is 1. The topological polar surface area (TPSA) is 60.7 Å². The highest BCUT2D eigenvalue weighted by molar-refractivity contribution is 9.09. The van der Waals surface area contributed by atoms with E-state index in [1.54, 1.807) is 0 Å². The van der Waals surface area contributed by atoms with Crippen LogP contribution in [0.25, 0.3) is 0 Å². The van der Waals surface area contributed by atoms with Crippen molar-refractivity contribution >= 4 is 15.9 Å². The number of aliphatic hydroxyl groups is 3. The first-order valence-electron chi connectivity index (χ1n) is 2.68. The highest BCUT2D eigenvalue weighted by Gasteiger charge is 2.22. The Morgan fingerprint density at radius 3 is 2.00 bits per heavy atom. The third-order valence-electron chi connectivity index (χ3n) is 1.12. The molecular formula is C5H11BrO3. The lowest BCUT2D eigenvalue weighted by molar-refractivity contribution is -0.0112. The minimum atomic E-state index is -1.14. The molecule has 0 bridgehead atoms. The van der Waals surface area contributed by atoms with Gasteiger partial charge < -0.3 is 15.3 Å². The molecule has 1 atom stereocenters. The van der Waals surface area contributed by atoms with Crippen LogP contribution in [0.15, 0.2) is 0 Å². The third kappa shape index (κ3) is 3.15. The zero-order valence-corrected chi connectivity index (χ0v) is 6.63. The lowest BCUT2D eigenvalue weighted by Crippen LogP contribution is -2.36. The monoisotopic (exact) mass is 198 g/mol. The van der Waals surface area contributed by atoms with Crippen molar-refractivity contribution in [3.05, 3.63) is 0 Å². The lowest BCUT2D eigenvalue weighted by atomic mass is 10.1. The first kappa shape index (κ1) is 9.36. The first-order chi connectivity index (χ1) is 4.18. The van der Waals surface area contributed by atoms with Gasteiger partial charge in [-0.2, -0.15) is 0 Å². The van der Waals surface area contributed by atoms with Gasteiger partial charge in [0.05, 0.1) is 12.2 Å². The number of hydrogen-bond donors (Lipinski definition) is 3. The minimum absolute atomic E-state index is 0.108. The van der Waals surface area contributed by atoms with Crippen LogP contribution in [0.4, 0.5) is 0 Å². The standard InChI is InChI=1S/C5H11BrO3/c6-3-5(9,4-8)1-2-7/h7-9H,1-4H2. The molecule has 3 nitrogen and oxygen atoms in total. The molecule has 0 amide bonds. The van der Waals surface area contributed by atoms with E-state index >= 15 is 0 Å². The SMILES string of the molecule is OCCC(O)(CO)CBr. The fourth-order valence-corrected chi connectivity index (χ4v) is 0.854. The van der Waals surface area contributed by atoms with Crippen LogP contribution >= 0.6 is 15.9 Å². The number of aliphatic hydroxyl groups excluding tert-OH is 2. The first-order valence-corrected chi connectivity index (χ1v) is 3.81. The van der Waals surface area contributed by atoms with E-state index in [2.05, 4.69) is 15.9 Å². The number of hydrogen-bond acceptors (Lipinski definition) is 3. The zero-order chi connectivity index (χ0) is 7.33. The maximum absolute atomic E-state index is 9.17. The summed E-state index contributed by atoms with van der Waals surface area (Å²) in [5.41, 5.74) is -1.14. The van der Waals surface area contributed by atoms with Crippen molar-refractivity contribution in [2.24, 2.45) is 0 Å². The Bertz CT molecular complexity index is 72.6. The fraction of sp³-hybridized carbons (Fsp3) is 1.00. The molecule has 0 aromatic rings. The van der Waals surface area contributed by atoms with Crippen molar-refractivity contribution in [2.45, 2.75) is 12.0 Å². The molecule has 0 radical (unpaired) electrons. The van der Waals surface area contributed by atoms with E-state index in [1.165, 1.54) is 0 Å². The van der Waals surface area contributed by atoms with Gasteiger partial charge in [-0.3, -0.25) is 0 Å². The third-order valence-corrected chi connectivity index (χ3v) is 2.16. The molecule has 0 rings (SSSR count). The summed E-state index contributed by atoms with van der Waals surface area (Å²) in [5.74, 6) is 0. The molecule has 0 aromatic carbocycles. The Kier molecular flexibility index (Phi) is 4.39. The molecule has 0 aromatic heterocycles. The van der Waals surface area contributed by atoms with Crippen molar-refractivity contribution in [1.82, 2.24) is 0 Å². The molecule has 0 saturated heterocycles. The summed E-state index contributed by atoms with van der Waals surface area (Å²) in [4.78, 5) is 0. The van der Waals surface area contributed by atoms with E-state index in [4.69, 9.17) is 10.2 Å². The average molecular weight is 199 g/mol. The van der Waals surface area contributed by atoms with Crippen LogP contribution in [0.5, 0.6) is 0 Å². The van der Waals surface area contributed by atoms with Crippen LogP contribution in [-0.2, 0) is 0 Å². The lowest BCUT2D eigenvalue weighted by Gasteiger charge is -2.21. The Hall–Kier alpha value is 0.360. The van der Waals surface area contributed by atoms with Crippen LogP contribution in [0.1, 0.15) is 6.42 Å². The van der Waals surface area contributed by atoms with E-state index in [-0.39, 0.29) is 25.0 Å². The Balaban J connectivity index is 3.62. The molecule has 0 fully saturated rings. The molecular weight excluding hydrogens is 188 g/mol. The van der Waals surface area contributed by atoms with Gasteiger partial charge in [0, 0.05) is 18.4 Å². The largest absolute Gasteiger partial charge is 0.396 e. The molecule has 0 aliphatic rings. The molecule has 1 unspecified atom stereocenters. The molecule has 0 saturated carbocycles. The molecule has 9 heavy (non-hydrogen) atoms. The summed E-state index contributed by atoms with van der Waals surface area (Å²) in [6, 6.07) is 0. The molecule has 4 heteroatoms. The highest BCUT2D eigenvalue weighted by Crippen LogP contribution is 2.11. The second-order valence-corrected chi connectivity index (χ2v) is 2.55. The predicted molar refractivity (Wildman–Crippen MR) is 37.5 cm³/mol. The van der Waals surface area contributed by atoms with E-state index in [1.807, 2.05) is 0 Å². The van der Waals surface area contributed by atoms with E-state index in [9.17, 15) is 5.11 Å². The van der Waals surface area contributed by atoms with E-state index < -0.39 is 5.60 Å². The molecule has 56 valence electrons. The Morgan fingerprint density at radius 1 is 1.33 bits per heavy atom. The van der Waals surface area contributed by atoms with E-state index in [0.717, 1.165) is 0 Å². The summed E-state index contributed by atoms with van der Waals surface area (Å²) in [6.45, 7) is -0.429. The molecule has 0 spiro atoms. The maximum atomic E-state index is 9.17. The zero-order valence-electron chi connectivity index (χ0n) is 5.05. The predicted octanol–water partition coefficient (Wildman–Crippen LogP) is -0.513. The number of halogens is 1. The highest BCUT2D eigenvalue weighted by atomic mass is 79.9. The van der Waals surface area contributed by atoms with Crippen LogP contribution in [0.2, 0.25) is 0 Å². The van der Waals surface area contributed by atoms with Gasteiger partial charge in [-0.25, -0.2) is 0 Å². The van der Waals surface area contributed by atoms with Gasteiger partial charge in [0.1, 0.15) is 0 Å². The van der Waals surface area contributed by atoms with Crippen molar-refractivity contribution in [1.29, 1.82) is 0 Å². The van der Waals surface area contributed by atoms with E-state index in [0.29, 0.717) is 0 Å². The quantitative estimate of drug-likeness (QED) is 0.534. The summed E-state index contributed by atoms with van der Waals surface area (Å²) < 4.78 is 0. The van der Waals surface area contributed by atoms with Crippen LogP contribution in [0, 0.1) is 0 Å². The van der Waals surface area contributed by atoms with Crippen molar-refractivity contribution < 1.29 is 15.3 Å².